The normalized spacial score (nSPS) is 13.9. The SMILES string of the molecule is O=C(Cn1c(=O)oc2cccc(F)c21)N1CCCn2cc(-c3cccc(F)c3)nc2C1. The maximum atomic E-state index is 14.2. The van der Waals surface area contributed by atoms with Crippen LogP contribution in [0.15, 0.2) is 57.9 Å². The van der Waals surface area contributed by atoms with Crippen molar-refractivity contribution in [2.45, 2.75) is 26.1 Å². The monoisotopic (exact) mass is 424 g/mol. The Kier molecular flexibility index (Phi) is 4.65. The van der Waals surface area contributed by atoms with Gasteiger partial charge in [0.15, 0.2) is 11.4 Å². The van der Waals surface area contributed by atoms with Gasteiger partial charge in [0, 0.05) is 24.8 Å². The van der Waals surface area contributed by atoms with Gasteiger partial charge in [-0.2, -0.15) is 0 Å². The van der Waals surface area contributed by atoms with E-state index in [1.54, 1.807) is 17.0 Å². The molecule has 3 heterocycles. The first kappa shape index (κ1) is 19.2. The molecule has 5 rings (SSSR count). The van der Waals surface area contributed by atoms with Crippen molar-refractivity contribution in [3.05, 3.63) is 76.7 Å². The molecule has 0 spiro atoms. The minimum absolute atomic E-state index is 0.0226. The highest BCUT2D eigenvalue weighted by molar-refractivity contribution is 5.80. The van der Waals surface area contributed by atoms with Crippen LogP contribution >= 0.6 is 0 Å². The fourth-order valence-corrected chi connectivity index (χ4v) is 3.91. The molecule has 7 nitrogen and oxygen atoms in total. The predicted molar refractivity (Wildman–Crippen MR) is 108 cm³/mol. The number of rotatable bonds is 3. The van der Waals surface area contributed by atoms with E-state index in [4.69, 9.17) is 4.42 Å². The van der Waals surface area contributed by atoms with Crippen LogP contribution in [0.5, 0.6) is 0 Å². The Balaban J connectivity index is 1.41. The smallest absolute Gasteiger partial charge is 0.408 e. The standard InChI is InChI=1S/C22H18F2N4O3/c23-15-5-1-4-14(10-15)17-11-26-8-3-9-27(12-19(26)25-17)20(29)13-28-21-16(24)6-2-7-18(21)31-22(28)30/h1-2,4-7,10-11H,3,8-9,12-13H2. The Hall–Kier alpha value is -3.75. The summed E-state index contributed by atoms with van der Waals surface area (Å²) in [7, 11) is 0. The van der Waals surface area contributed by atoms with Crippen molar-refractivity contribution in [1.82, 2.24) is 19.0 Å². The molecule has 1 aliphatic heterocycles. The molecular weight excluding hydrogens is 406 g/mol. The summed E-state index contributed by atoms with van der Waals surface area (Å²) in [5.41, 5.74) is 1.36. The van der Waals surface area contributed by atoms with Crippen molar-refractivity contribution >= 4 is 17.0 Å². The molecule has 2 aromatic heterocycles. The third-order valence-electron chi connectivity index (χ3n) is 5.42. The van der Waals surface area contributed by atoms with Gasteiger partial charge in [0.1, 0.15) is 23.7 Å². The minimum Gasteiger partial charge on any atom is -0.408 e. The van der Waals surface area contributed by atoms with Crippen molar-refractivity contribution in [3.8, 4) is 11.3 Å². The topological polar surface area (TPSA) is 73.3 Å². The van der Waals surface area contributed by atoms with Crippen molar-refractivity contribution in [3.63, 3.8) is 0 Å². The molecule has 1 aliphatic rings. The summed E-state index contributed by atoms with van der Waals surface area (Å²) in [5.74, 6) is -1.42. The molecule has 0 fully saturated rings. The maximum Gasteiger partial charge on any atom is 0.420 e. The van der Waals surface area contributed by atoms with E-state index in [1.807, 2.05) is 10.8 Å². The highest BCUT2D eigenvalue weighted by atomic mass is 19.1. The molecule has 1 amide bonds. The Labute approximate surface area is 175 Å². The quantitative estimate of drug-likeness (QED) is 0.507. The number of aromatic nitrogens is 3. The number of carbonyl (C=O) groups is 1. The molecule has 0 radical (unpaired) electrons. The lowest BCUT2D eigenvalue weighted by Crippen LogP contribution is -2.35. The van der Waals surface area contributed by atoms with Crippen LogP contribution in [0.1, 0.15) is 12.2 Å². The molecule has 0 saturated carbocycles. The van der Waals surface area contributed by atoms with Gasteiger partial charge >= 0.3 is 5.76 Å². The summed E-state index contributed by atoms with van der Waals surface area (Å²) in [6.45, 7) is 1.04. The van der Waals surface area contributed by atoms with Gasteiger partial charge < -0.3 is 13.9 Å². The molecule has 4 aromatic rings. The first-order valence-electron chi connectivity index (χ1n) is 9.87. The number of amides is 1. The summed E-state index contributed by atoms with van der Waals surface area (Å²) in [6, 6.07) is 10.3. The third-order valence-corrected chi connectivity index (χ3v) is 5.42. The third kappa shape index (κ3) is 3.52. The second-order valence-electron chi connectivity index (χ2n) is 7.46. The number of oxazole rings is 1. The van der Waals surface area contributed by atoms with E-state index in [-0.39, 0.29) is 35.9 Å². The fourth-order valence-electron chi connectivity index (χ4n) is 3.91. The summed E-state index contributed by atoms with van der Waals surface area (Å²) < 4.78 is 35.8. The van der Waals surface area contributed by atoms with Gasteiger partial charge in [0.05, 0.1) is 12.2 Å². The second-order valence-corrected chi connectivity index (χ2v) is 7.46. The van der Waals surface area contributed by atoms with Crippen molar-refractivity contribution < 1.29 is 18.0 Å². The Morgan fingerprint density at radius 3 is 2.81 bits per heavy atom. The van der Waals surface area contributed by atoms with E-state index in [2.05, 4.69) is 4.98 Å². The molecule has 0 atom stereocenters. The number of fused-ring (bicyclic) bond motifs is 2. The van der Waals surface area contributed by atoms with Crippen LogP contribution in [0.4, 0.5) is 8.78 Å². The Morgan fingerprint density at radius 2 is 1.97 bits per heavy atom. The predicted octanol–water partition coefficient (Wildman–Crippen LogP) is 3.17. The minimum atomic E-state index is -0.779. The zero-order valence-corrected chi connectivity index (χ0v) is 16.4. The molecule has 9 heteroatoms. The van der Waals surface area contributed by atoms with E-state index < -0.39 is 11.6 Å². The summed E-state index contributed by atoms with van der Waals surface area (Å²) in [6.07, 6.45) is 2.54. The number of hydrogen-bond acceptors (Lipinski definition) is 4. The van der Waals surface area contributed by atoms with Gasteiger partial charge in [0.25, 0.3) is 0 Å². The average molecular weight is 424 g/mol. The van der Waals surface area contributed by atoms with Gasteiger partial charge in [-0.1, -0.05) is 18.2 Å². The van der Waals surface area contributed by atoms with Crippen molar-refractivity contribution in [1.29, 1.82) is 0 Å². The molecule has 158 valence electrons. The van der Waals surface area contributed by atoms with Crippen molar-refractivity contribution in [2.24, 2.45) is 0 Å². The van der Waals surface area contributed by atoms with Crippen LogP contribution in [0.2, 0.25) is 0 Å². The molecule has 0 unspecified atom stereocenters. The lowest BCUT2D eigenvalue weighted by atomic mass is 10.2. The molecule has 0 saturated heterocycles. The largest absolute Gasteiger partial charge is 0.420 e. The number of hydrogen-bond donors (Lipinski definition) is 0. The number of imidazole rings is 1. The van der Waals surface area contributed by atoms with Crippen LogP contribution in [0.3, 0.4) is 0 Å². The number of carbonyl (C=O) groups excluding carboxylic acids is 1. The van der Waals surface area contributed by atoms with E-state index >= 15 is 0 Å². The first-order valence-corrected chi connectivity index (χ1v) is 9.87. The first-order chi connectivity index (χ1) is 15.0. The lowest BCUT2D eigenvalue weighted by Gasteiger charge is -2.19. The highest BCUT2D eigenvalue weighted by Gasteiger charge is 2.24. The van der Waals surface area contributed by atoms with E-state index in [0.29, 0.717) is 36.6 Å². The summed E-state index contributed by atoms with van der Waals surface area (Å²) in [4.78, 5) is 31.3. The lowest BCUT2D eigenvalue weighted by molar-refractivity contribution is -0.132. The molecule has 0 bridgehead atoms. The van der Waals surface area contributed by atoms with Gasteiger partial charge in [-0.15, -0.1) is 0 Å². The van der Waals surface area contributed by atoms with E-state index in [9.17, 15) is 18.4 Å². The highest BCUT2D eigenvalue weighted by Crippen LogP contribution is 2.23. The van der Waals surface area contributed by atoms with E-state index in [1.165, 1.54) is 30.3 Å². The summed E-state index contributed by atoms with van der Waals surface area (Å²) in [5, 5.41) is 0. The number of aryl methyl sites for hydroxylation is 1. The Morgan fingerprint density at radius 1 is 1.13 bits per heavy atom. The van der Waals surface area contributed by atoms with Gasteiger partial charge in [-0.25, -0.2) is 18.6 Å². The van der Waals surface area contributed by atoms with Gasteiger partial charge in [-0.05, 0) is 30.7 Å². The second kappa shape index (κ2) is 7.50. The van der Waals surface area contributed by atoms with Crippen LogP contribution in [0.25, 0.3) is 22.4 Å². The van der Waals surface area contributed by atoms with Crippen LogP contribution in [-0.2, 0) is 24.4 Å². The number of nitrogens with zero attached hydrogens (tertiary/aromatic N) is 4. The molecule has 2 aromatic carbocycles. The molecular formula is C22H18F2N4O3. The number of benzene rings is 2. The average Bonchev–Trinajstić information content (AvgIpc) is 3.22. The molecule has 0 aliphatic carbocycles. The van der Waals surface area contributed by atoms with Crippen LogP contribution < -0.4 is 5.76 Å². The Bertz CT molecular complexity index is 1350. The zero-order valence-electron chi connectivity index (χ0n) is 16.4. The molecule has 31 heavy (non-hydrogen) atoms. The van der Waals surface area contributed by atoms with E-state index in [0.717, 1.165) is 4.57 Å². The van der Waals surface area contributed by atoms with Crippen LogP contribution in [0, 0.1) is 11.6 Å². The van der Waals surface area contributed by atoms with Crippen LogP contribution in [-0.4, -0.2) is 31.5 Å². The summed E-state index contributed by atoms with van der Waals surface area (Å²) >= 11 is 0. The number of para-hydroxylation sites is 1. The maximum absolute atomic E-state index is 14.2. The van der Waals surface area contributed by atoms with Crippen molar-refractivity contribution in [2.75, 3.05) is 6.54 Å². The zero-order chi connectivity index (χ0) is 21.5. The molecule has 0 N–H and O–H groups in total. The van der Waals surface area contributed by atoms with Gasteiger partial charge in [0.2, 0.25) is 5.91 Å². The number of halogens is 2. The fraction of sp³-hybridized carbons (Fsp3) is 0.227. The van der Waals surface area contributed by atoms with Gasteiger partial charge in [-0.3, -0.25) is 9.36 Å².